The number of nitrogens with zero attached hydrogens (tertiary/aromatic N) is 6. The molecule has 3 aromatic rings. The zero-order valence-electron chi connectivity index (χ0n) is 22.5. The van der Waals surface area contributed by atoms with Gasteiger partial charge in [0.1, 0.15) is 42.0 Å². The highest BCUT2D eigenvalue weighted by molar-refractivity contribution is 5.96. The Morgan fingerprint density at radius 2 is 2.00 bits per heavy atom. The number of aliphatic hydroxyl groups excluding tert-OH is 1. The van der Waals surface area contributed by atoms with Crippen LogP contribution in [0.15, 0.2) is 42.7 Å². The van der Waals surface area contributed by atoms with Gasteiger partial charge >= 0.3 is 5.92 Å². The number of hydrogen-bond donors (Lipinski definition) is 2. The summed E-state index contributed by atoms with van der Waals surface area (Å²) in [6.07, 6.45) is -0.422. The molecule has 1 aliphatic rings. The number of nitriles is 1. The molecule has 1 saturated heterocycles. The van der Waals surface area contributed by atoms with Crippen LogP contribution in [0.5, 0.6) is 11.6 Å². The minimum absolute atomic E-state index is 0.00818. The number of alkyl halides is 2. The van der Waals surface area contributed by atoms with Crippen molar-refractivity contribution < 1.29 is 33.0 Å². The maximum atomic E-state index is 14.7. The van der Waals surface area contributed by atoms with Gasteiger partial charge in [-0.1, -0.05) is 0 Å². The SMILES string of the molecule is COc1nc(Nc2cc(-c3ccc(OC4CCN(C(=O)CO)CC4(F)F)c(C#N)c3)ncn2)ccc1C(=O)N(C)C. The Kier molecular flexibility index (Phi) is 8.58. The van der Waals surface area contributed by atoms with E-state index in [1.54, 1.807) is 38.4 Å². The van der Waals surface area contributed by atoms with E-state index in [4.69, 9.17) is 14.6 Å². The van der Waals surface area contributed by atoms with Crippen LogP contribution in [-0.2, 0) is 4.79 Å². The second-order valence-electron chi connectivity index (χ2n) is 9.32. The van der Waals surface area contributed by atoms with Gasteiger partial charge < -0.3 is 29.7 Å². The molecule has 2 amide bonds. The van der Waals surface area contributed by atoms with Crippen molar-refractivity contribution in [2.75, 3.05) is 46.2 Å². The number of hydrogen-bond acceptors (Lipinski definition) is 10. The number of anilines is 2. The molecule has 0 saturated carbocycles. The van der Waals surface area contributed by atoms with Crippen molar-refractivity contribution in [3.05, 3.63) is 53.9 Å². The molecule has 1 aromatic carbocycles. The number of amides is 2. The Balaban J connectivity index is 1.52. The Morgan fingerprint density at radius 1 is 1.22 bits per heavy atom. The molecule has 2 aromatic heterocycles. The van der Waals surface area contributed by atoms with Gasteiger partial charge in [-0.2, -0.15) is 10.2 Å². The van der Waals surface area contributed by atoms with E-state index in [9.17, 15) is 23.6 Å². The summed E-state index contributed by atoms with van der Waals surface area (Å²) >= 11 is 0. The molecule has 4 rings (SSSR count). The van der Waals surface area contributed by atoms with Crippen LogP contribution in [0.4, 0.5) is 20.4 Å². The average molecular weight is 568 g/mol. The third kappa shape index (κ3) is 6.47. The zero-order chi connectivity index (χ0) is 29.7. The number of nitrogens with one attached hydrogen (secondary N) is 1. The van der Waals surface area contributed by atoms with E-state index in [1.807, 2.05) is 6.07 Å². The van der Waals surface area contributed by atoms with Gasteiger partial charge in [-0.3, -0.25) is 9.59 Å². The smallest absolute Gasteiger partial charge is 0.301 e. The summed E-state index contributed by atoms with van der Waals surface area (Å²) < 4.78 is 40.2. The van der Waals surface area contributed by atoms with Crippen molar-refractivity contribution in [2.24, 2.45) is 0 Å². The second-order valence-corrected chi connectivity index (χ2v) is 9.32. The summed E-state index contributed by atoms with van der Waals surface area (Å²) in [6, 6.07) is 11.2. The maximum absolute atomic E-state index is 14.7. The van der Waals surface area contributed by atoms with Gasteiger partial charge in [-0.05, 0) is 30.3 Å². The van der Waals surface area contributed by atoms with Gasteiger partial charge in [0, 0.05) is 38.7 Å². The topological polar surface area (TPSA) is 154 Å². The number of likely N-dealkylation sites (tertiary alicyclic amines) is 1. The highest BCUT2D eigenvalue weighted by Gasteiger charge is 2.47. The van der Waals surface area contributed by atoms with Crippen LogP contribution in [0.2, 0.25) is 0 Å². The van der Waals surface area contributed by atoms with Crippen LogP contribution in [-0.4, -0.2) is 94.6 Å². The van der Waals surface area contributed by atoms with Crippen LogP contribution < -0.4 is 14.8 Å². The predicted octanol–water partition coefficient (Wildman–Crippen LogP) is 2.47. The molecule has 1 aliphatic heterocycles. The van der Waals surface area contributed by atoms with Gasteiger partial charge in [-0.25, -0.2) is 18.7 Å². The number of piperidine rings is 1. The first-order valence-electron chi connectivity index (χ1n) is 12.4. The molecule has 0 aliphatic carbocycles. The van der Waals surface area contributed by atoms with Crippen LogP contribution in [0, 0.1) is 11.3 Å². The van der Waals surface area contributed by atoms with E-state index >= 15 is 0 Å². The molecule has 1 unspecified atom stereocenters. The molecule has 0 bridgehead atoms. The third-order valence-corrected chi connectivity index (χ3v) is 6.30. The highest BCUT2D eigenvalue weighted by atomic mass is 19.3. The number of carbonyl (C=O) groups is 2. The lowest BCUT2D eigenvalue weighted by molar-refractivity contribution is -0.161. The van der Waals surface area contributed by atoms with Crippen molar-refractivity contribution >= 4 is 23.5 Å². The zero-order valence-corrected chi connectivity index (χ0v) is 22.5. The molecular formula is C27H27F2N7O5. The molecular weight excluding hydrogens is 540 g/mol. The number of carbonyl (C=O) groups excluding carboxylic acids is 2. The van der Waals surface area contributed by atoms with Gasteiger partial charge in [0.05, 0.1) is 24.9 Å². The Morgan fingerprint density at radius 3 is 2.66 bits per heavy atom. The van der Waals surface area contributed by atoms with E-state index in [0.29, 0.717) is 28.5 Å². The number of rotatable bonds is 8. The molecule has 0 radical (unpaired) electrons. The van der Waals surface area contributed by atoms with Crippen molar-refractivity contribution in [2.45, 2.75) is 18.4 Å². The number of ether oxygens (including phenoxy) is 2. The molecule has 14 heteroatoms. The van der Waals surface area contributed by atoms with E-state index in [0.717, 1.165) is 4.90 Å². The molecule has 2 N–H and O–H groups in total. The van der Waals surface area contributed by atoms with Crippen molar-refractivity contribution in [1.29, 1.82) is 5.26 Å². The molecule has 3 heterocycles. The fraction of sp³-hybridized carbons (Fsp3) is 0.333. The Bertz CT molecular complexity index is 1500. The number of methoxy groups -OCH3 is 1. The van der Waals surface area contributed by atoms with Crippen molar-refractivity contribution in [1.82, 2.24) is 24.8 Å². The molecule has 1 atom stereocenters. The molecule has 214 valence electrons. The lowest BCUT2D eigenvalue weighted by Crippen LogP contribution is -2.55. The Hall–Kier alpha value is -4.90. The normalized spacial score (nSPS) is 15.9. The number of benzene rings is 1. The minimum atomic E-state index is -3.38. The second kappa shape index (κ2) is 12.1. The standard InChI is InChI=1S/C27H27F2N7O5/c1-35(2)26(39)18-5-7-22(34-25(18)40-3)33-23-11-19(31-15-32-23)16-4-6-20(17(10-16)12-30)41-21-8-9-36(24(38)13-37)14-27(21,28)29/h4-7,10-11,15,21,37H,8-9,13-14H2,1-3H3,(H,31,32,33,34). The van der Waals surface area contributed by atoms with E-state index in [-0.39, 0.29) is 36.1 Å². The van der Waals surface area contributed by atoms with Gasteiger partial charge in [0.25, 0.3) is 5.91 Å². The molecule has 12 nitrogen and oxygen atoms in total. The fourth-order valence-corrected chi connectivity index (χ4v) is 4.19. The molecule has 0 spiro atoms. The van der Waals surface area contributed by atoms with Crippen LogP contribution in [0.3, 0.4) is 0 Å². The number of aromatic nitrogens is 3. The lowest BCUT2D eigenvalue weighted by Gasteiger charge is -2.38. The largest absolute Gasteiger partial charge is 0.483 e. The van der Waals surface area contributed by atoms with Crippen molar-refractivity contribution in [3.63, 3.8) is 0 Å². The minimum Gasteiger partial charge on any atom is -0.483 e. The third-order valence-electron chi connectivity index (χ3n) is 6.30. The first-order chi connectivity index (χ1) is 19.6. The number of halogens is 2. The monoisotopic (exact) mass is 567 g/mol. The average Bonchev–Trinajstić information content (AvgIpc) is 2.97. The Labute approximate surface area is 234 Å². The fourth-order valence-electron chi connectivity index (χ4n) is 4.19. The van der Waals surface area contributed by atoms with E-state index in [1.165, 1.54) is 30.5 Å². The molecule has 41 heavy (non-hydrogen) atoms. The summed E-state index contributed by atoms with van der Waals surface area (Å²) in [4.78, 5) is 39.0. The lowest BCUT2D eigenvalue weighted by atomic mass is 10.0. The van der Waals surface area contributed by atoms with Gasteiger partial charge in [-0.15, -0.1) is 0 Å². The number of pyridine rings is 1. The predicted molar refractivity (Wildman–Crippen MR) is 142 cm³/mol. The quantitative estimate of drug-likeness (QED) is 0.415. The maximum Gasteiger partial charge on any atom is 0.301 e. The van der Waals surface area contributed by atoms with Crippen LogP contribution in [0.25, 0.3) is 11.3 Å². The summed E-state index contributed by atoms with van der Waals surface area (Å²) in [5, 5.41) is 21.7. The molecule has 1 fully saturated rings. The van der Waals surface area contributed by atoms with Gasteiger partial charge in [0.2, 0.25) is 11.8 Å². The van der Waals surface area contributed by atoms with E-state index in [2.05, 4.69) is 20.3 Å². The van der Waals surface area contributed by atoms with Gasteiger partial charge in [0.15, 0.2) is 6.10 Å². The summed E-state index contributed by atoms with van der Waals surface area (Å²) in [5.74, 6) is -3.61. The first kappa shape index (κ1) is 29.1. The highest BCUT2D eigenvalue weighted by Crippen LogP contribution is 2.34. The van der Waals surface area contributed by atoms with Crippen molar-refractivity contribution in [3.8, 4) is 29.0 Å². The summed E-state index contributed by atoms with van der Waals surface area (Å²) in [7, 11) is 4.65. The van der Waals surface area contributed by atoms with E-state index < -0.39 is 31.1 Å². The first-order valence-corrected chi connectivity index (χ1v) is 12.4. The summed E-state index contributed by atoms with van der Waals surface area (Å²) in [6.45, 7) is -1.74. The van der Waals surface area contributed by atoms with Crippen LogP contribution in [0.1, 0.15) is 22.3 Å². The number of aliphatic hydroxyl groups is 1. The van der Waals surface area contributed by atoms with Crippen LogP contribution >= 0.6 is 0 Å². The summed E-state index contributed by atoms with van der Waals surface area (Å²) in [5.41, 5.74) is 1.25.